The lowest BCUT2D eigenvalue weighted by Gasteiger charge is -2.59. The Hall–Kier alpha value is -0.390. The lowest BCUT2D eigenvalue weighted by atomic mass is 9.47. The van der Waals surface area contributed by atoms with Crippen LogP contribution in [0.3, 0.4) is 0 Å². The van der Waals surface area contributed by atoms with Gasteiger partial charge in [0.1, 0.15) is 6.10 Å². The Morgan fingerprint density at radius 1 is 1.13 bits per heavy atom. The van der Waals surface area contributed by atoms with Crippen LogP contribution in [0.2, 0.25) is 0 Å². The van der Waals surface area contributed by atoms with Gasteiger partial charge < -0.3 is 14.2 Å². The van der Waals surface area contributed by atoms with Crippen molar-refractivity contribution in [1.82, 2.24) is 0 Å². The number of carbonyl (C=O) groups excluding carboxylic acids is 1. The van der Waals surface area contributed by atoms with Crippen LogP contribution in [0.1, 0.15) is 72.1 Å². The topological polar surface area (TPSA) is 44.8 Å². The van der Waals surface area contributed by atoms with Crippen molar-refractivity contribution in [3.63, 3.8) is 0 Å². The van der Waals surface area contributed by atoms with Crippen LogP contribution in [0, 0.1) is 34.5 Å². The van der Waals surface area contributed by atoms with E-state index in [-0.39, 0.29) is 17.5 Å². The van der Waals surface area contributed by atoms with E-state index in [1.165, 1.54) is 39.0 Å². The number of esters is 1. The van der Waals surface area contributed by atoms with Crippen LogP contribution in [0.25, 0.3) is 0 Å². The summed E-state index contributed by atoms with van der Waals surface area (Å²) in [5.74, 6) is 2.21. The molecule has 3 saturated carbocycles. The fourth-order valence-corrected chi connectivity index (χ4v) is 9.24. The minimum absolute atomic E-state index is 0.0820. The Bertz CT molecular complexity index is 729. The highest BCUT2D eigenvalue weighted by Crippen LogP contribution is 2.68. The average molecular weight is 481 g/mol. The summed E-state index contributed by atoms with van der Waals surface area (Å²) in [6.07, 6.45) is 12.0. The molecule has 1 heterocycles. The minimum Gasteiger partial charge on any atom is -0.462 e. The van der Waals surface area contributed by atoms with Crippen molar-refractivity contribution in [1.29, 1.82) is 0 Å². The summed E-state index contributed by atoms with van der Waals surface area (Å²) in [6, 6.07) is 0. The zero-order valence-electron chi connectivity index (χ0n) is 18.8. The largest absolute Gasteiger partial charge is 0.462 e. The molecular weight excluding hydrogens is 444 g/mol. The summed E-state index contributed by atoms with van der Waals surface area (Å²) in [4.78, 5) is 11.5. The molecule has 7 atom stereocenters. The van der Waals surface area contributed by atoms with Gasteiger partial charge in [-0.2, -0.15) is 0 Å². The Morgan fingerprint density at radius 3 is 2.60 bits per heavy atom. The van der Waals surface area contributed by atoms with E-state index in [1.807, 2.05) is 0 Å². The van der Waals surface area contributed by atoms with Gasteiger partial charge in [-0.05, 0) is 73.5 Å². The van der Waals surface area contributed by atoms with Crippen molar-refractivity contribution in [3.05, 3.63) is 11.6 Å². The molecule has 0 bridgehead atoms. The summed E-state index contributed by atoms with van der Waals surface area (Å²) in [7, 11) is 0. The van der Waals surface area contributed by atoms with Crippen LogP contribution < -0.4 is 0 Å². The van der Waals surface area contributed by atoms with E-state index in [1.54, 1.807) is 5.57 Å². The van der Waals surface area contributed by atoms with Crippen molar-refractivity contribution in [2.45, 2.75) is 84.0 Å². The van der Waals surface area contributed by atoms with Crippen LogP contribution in [-0.2, 0) is 19.0 Å². The first-order chi connectivity index (χ1) is 14.3. The second kappa shape index (κ2) is 7.59. The number of hydrogen-bond acceptors (Lipinski definition) is 4. The lowest BCUT2D eigenvalue weighted by molar-refractivity contribution is -0.210. The molecule has 5 heteroatoms. The highest BCUT2D eigenvalue weighted by atomic mass is 79.9. The van der Waals surface area contributed by atoms with E-state index < -0.39 is 5.79 Å². The molecule has 0 unspecified atom stereocenters. The standard InChI is InChI=1S/C25H37BrO4/c1-16(27)30-18-8-10-23(2)17(14-18)4-5-19-20-6-7-22(24(20,3)11-9-21(19)23)25(15-26)28-12-13-29-25/h4,18-22H,5-15H2,1-3H3/t18-,19+,20-,21-,22+,23+,24-/m1/s1. The second-order valence-corrected chi connectivity index (χ2v) is 11.6. The Kier molecular flexibility index (Phi) is 5.43. The fourth-order valence-electron chi connectivity index (χ4n) is 8.53. The van der Waals surface area contributed by atoms with Gasteiger partial charge in [0.25, 0.3) is 0 Å². The Balaban J connectivity index is 1.39. The number of fused-ring (bicyclic) bond motifs is 5. The predicted octanol–water partition coefficient (Wildman–Crippen LogP) is 5.64. The summed E-state index contributed by atoms with van der Waals surface area (Å²) in [5, 5.41) is 0.778. The third-order valence-electron chi connectivity index (χ3n) is 9.88. The second-order valence-electron chi connectivity index (χ2n) is 11.1. The Labute approximate surface area is 189 Å². The number of alkyl halides is 1. The highest BCUT2D eigenvalue weighted by Gasteiger charge is 2.63. The first-order valence-corrected chi connectivity index (χ1v) is 13.2. The molecular formula is C25H37BrO4. The maximum Gasteiger partial charge on any atom is 0.302 e. The number of rotatable bonds is 3. The van der Waals surface area contributed by atoms with Gasteiger partial charge in [-0.3, -0.25) is 4.79 Å². The molecule has 1 aliphatic heterocycles. The zero-order chi connectivity index (χ0) is 21.1. The molecule has 30 heavy (non-hydrogen) atoms. The maximum absolute atomic E-state index is 11.5. The van der Waals surface area contributed by atoms with E-state index in [4.69, 9.17) is 14.2 Å². The van der Waals surface area contributed by atoms with E-state index >= 15 is 0 Å². The lowest BCUT2D eigenvalue weighted by Crippen LogP contribution is -2.54. The van der Waals surface area contributed by atoms with Crippen LogP contribution in [0.15, 0.2) is 11.6 Å². The molecule has 0 N–H and O–H groups in total. The molecule has 0 amide bonds. The third-order valence-corrected chi connectivity index (χ3v) is 10.7. The minimum atomic E-state index is -0.419. The zero-order valence-corrected chi connectivity index (χ0v) is 20.3. The van der Waals surface area contributed by atoms with Crippen molar-refractivity contribution in [3.8, 4) is 0 Å². The molecule has 0 radical (unpaired) electrons. The van der Waals surface area contributed by atoms with Crippen LogP contribution in [-0.4, -0.2) is 36.4 Å². The normalized spacial score (nSPS) is 47.1. The highest BCUT2D eigenvalue weighted by molar-refractivity contribution is 9.09. The van der Waals surface area contributed by atoms with Crippen LogP contribution in [0.5, 0.6) is 0 Å². The van der Waals surface area contributed by atoms with Gasteiger partial charge in [-0.1, -0.05) is 41.4 Å². The summed E-state index contributed by atoms with van der Waals surface area (Å²) in [5.41, 5.74) is 2.15. The molecule has 4 fully saturated rings. The van der Waals surface area contributed by atoms with E-state index in [9.17, 15) is 4.79 Å². The van der Waals surface area contributed by atoms with Gasteiger partial charge in [-0.25, -0.2) is 0 Å². The number of carbonyl (C=O) groups is 1. The molecule has 5 aliphatic rings. The van der Waals surface area contributed by atoms with Gasteiger partial charge in [0.2, 0.25) is 0 Å². The average Bonchev–Trinajstić information content (AvgIpc) is 3.32. The molecule has 5 rings (SSSR count). The van der Waals surface area contributed by atoms with Crippen molar-refractivity contribution < 1.29 is 19.0 Å². The molecule has 1 saturated heterocycles. The number of hydrogen-bond donors (Lipinski definition) is 0. The molecule has 0 aromatic carbocycles. The smallest absolute Gasteiger partial charge is 0.302 e. The number of allylic oxidation sites excluding steroid dienone is 1. The van der Waals surface area contributed by atoms with E-state index in [0.29, 0.717) is 11.3 Å². The van der Waals surface area contributed by atoms with Crippen molar-refractivity contribution >= 4 is 21.9 Å². The van der Waals surface area contributed by atoms with Crippen molar-refractivity contribution in [2.24, 2.45) is 34.5 Å². The van der Waals surface area contributed by atoms with Gasteiger partial charge in [0, 0.05) is 19.3 Å². The van der Waals surface area contributed by atoms with Crippen LogP contribution in [0.4, 0.5) is 0 Å². The van der Waals surface area contributed by atoms with Crippen molar-refractivity contribution in [2.75, 3.05) is 18.5 Å². The molecule has 4 nitrogen and oxygen atoms in total. The SMILES string of the molecule is CC(=O)O[C@@H]1CC[C@@]2(C)C(=CC[C@H]3[C@H]4CC[C@H](C5(CBr)OCCO5)[C@]4(C)CC[C@H]32)C1. The quantitative estimate of drug-likeness (QED) is 0.298. The monoisotopic (exact) mass is 480 g/mol. The first kappa shape index (κ1) is 21.5. The molecule has 0 spiro atoms. The summed E-state index contributed by atoms with van der Waals surface area (Å²) in [6.45, 7) is 8.04. The van der Waals surface area contributed by atoms with Gasteiger partial charge >= 0.3 is 5.97 Å². The summed E-state index contributed by atoms with van der Waals surface area (Å²) < 4.78 is 18.1. The Morgan fingerprint density at radius 2 is 1.90 bits per heavy atom. The third kappa shape index (κ3) is 3.08. The fraction of sp³-hybridized carbons (Fsp3) is 0.880. The first-order valence-electron chi connectivity index (χ1n) is 12.0. The number of halogens is 1. The molecule has 0 aromatic heterocycles. The summed E-state index contributed by atoms with van der Waals surface area (Å²) >= 11 is 3.73. The van der Waals surface area contributed by atoms with E-state index in [2.05, 4.69) is 35.9 Å². The number of ether oxygens (including phenoxy) is 3. The van der Waals surface area contributed by atoms with Gasteiger partial charge in [0.05, 0.1) is 18.5 Å². The van der Waals surface area contributed by atoms with Gasteiger partial charge in [0.15, 0.2) is 5.79 Å². The van der Waals surface area contributed by atoms with Crippen LogP contribution >= 0.6 is 15.9 Å². The predicted molar refractivity (Wildman–Crippen MR) is 119 cm³/mol. The molecule has 0 aromatic rings. The van der Waals surface area contributed by atoms with E-state index in [0.717, 1.165) is 55.6 Å². The van der Waals surface area contributed by atoms with Gasteiger partial charge in [-0.15, -0.1) is 0 Å². The maximum atomic E-state index is 11.5. The molecule has 168 valence electrons. The molecule has 4 aliphatic carbocycles.